The minimum atomic E-state index is 0.719. The van der Waals surface area contributed by atoms with Crippen molar-refractivity contribution in [2.45, 2.75) is 26.8 Å². The van der Waals surface area contributed by atoms with E-state index in [0.29, 0.717) is 0 Å². The first-order valence-electron chi connectivity index (χ1n) is 7.34. The van der Waals surface area contributed by atoms with Crippen LogP contribution in [0, 0.1) is 0 Å². The molecule has 1 heterocycles. The Hall–Kier alpha value is -0.840. The lowest BCUT2D eigenvalue weighted by Crippen LogP contribution is -2.33. The van der Waals surface area contributed by atoms with Gasteiger partial charge in [0.15, 0.2) is 0 Å². The fraction of sp³-hybridized carbons (Fsp3) is 0.667. The lowest BCUT2D eigenvalue weighted by molar-refractivity contribution is 0.412. The third-order valence-electron chi connectivity index (χ3n) is 3.08. The van der Waals surface area contributed by atoms with Crippen LogP contribution < -0.4 is 10.2 Å². The van der Waals surface area contributed by atoms with Crippen molar-refractivity contribution in [2.75, 3.05) is 45.2 Å². The Morgan fingerprint density at radius 2 is 1.90 bits per heavy atom. The summed E-state index contributed by atoms with van der Waals surface area (Å²) in [7, 11) is 4.19. The zero-order valence-electron chi connectivity index (χ0n) is 13.1. The van der Waals surface area contributed by atoms with E-state index in [1.807, 2.05) is 12.1 Å². The van der Waals surface area contributed by atoms with Crippen molar-refractivity contribution in [1.82, 2.24) is 15.2 Å². The molecule has 5 heteroatoms. The maximum Gasteiger partial charge on any atom is 0.129 e. The first kappa shape index (κ1) is 17.2. The molecule has 114 valence electrons. The highest BCUT2D eigenvalue weighted by atomic mass is 35.5. The normalized spacial score (nSPS) is 11.1. The van der Waals surface area contributed by atoms with E-state index in [1.54, 1.807) is 0 Å². The Balaban J connectivity index is 2.83. The van der Waals surface area contributed by atoms with Gasteiger partial charge in [0, 0.05) is 26.2 Å². The van der Waals surface area contributed by atoms with Crippen molar-refractivity contribution in [3.05, 3.63) is 22.8 Å². The zero-order valence-corrected chi connectivity index (χ0v) is 13.9. The summed E-state index contributed by atoms with van der Waals surface area (Å²) in [4.78, 5) is 9.24. The summed E-state index contributed by atoms with van der Waals surface area (Å²) in [6.07, 6.45) is 1.11. The van der Waals surface area contributed by atoms with Gasteiger partial charge >= 0.3 is 0 Å². The van der Waals surface area contributed by atoms with Crippen LogP contribution in [-0.2, 0) is 6.54 Å². The van der Waals surface area contributed by atoms with Gasteiger partial charge in [-0.1, -0.05) is 25.4 Å². The van der Waals surface area contributed by atoms with Gasteiger partial charge in [0.2, 0.25) is 0 Å². The van der Waals surface area contributed by atoms with Gasteiger partial charge in [-0.2, -0.15) is 0 Å². The van der Waals surface area contributed by atoms with E-state index in [-0.39, 0.29) is 0 Å². The quantitative estimate of drug-likeness (QED) is 0.759. The van der Waals surface area contributed by atoms with Crippen LogP contribution in [0.25, 0.3) is 0 Å². The molecule has 0 radical (unpaired) electrons. The number of hydrogen-bond donors (Lipinski definition) is 1. The second-order valence-electron chi connectivity index (χ2n) is 5.17. The largest absolute Gasteiger partial charge is 0.355 e. The lowest BCUT2D eigenvalue weighted by atomic mass is 10.3. The van der Waals surface area contributed by atoms with Gasteiger partial charge in [0.25, 0.3) is 0 Å². The highest BCUT2D eigenvalue weighted by molar-refractivity contribution is 6.31. The van der Waals surface area contributed by atoms with Crippen LogP contribution in [-0.4, -0.2) is 50.2 Å². The summed E-state index contributed by atoms with van der Waals surface area (Å²) in [5.74, 6) is 1.02. The summed E-state index contributed by atoms with van der Waals surface area (Å²) in [6, 6.07) is 3.97. The minimum absolute atomic E-state index is 0.719. The molecule has 0 aliphatic carbocycles. The monoisotopic (exact) mass is 298 g/mol. The number of aromatic nitrogens is 1. The molecule has 0 aliphatic rings. The summed E-state index contributed by atoms with van der Waals surface area (Å²) >= 11 is 6.21. The molecule has 0 bridgehead atoms. The van der Waals surface area contributed by atoms with Crippen LogP contribution in [0.1, 0.15) is 26.0 Å². The molecule has 0 spiro atoms. The van der Waals surface area contributed by atoms with Crippen molar-refractivity contribution >= 4 is 17.4 Å². The average Bonchev–Trinajstić information content (AvgIpc) is 2.42. The van der Waals surface area contributed by atoms with E-state index in [9.17, 15) is 0 Å². The van der Waals surface area contributed by atoms with Crippen LogP contribution in [0.2, 0.25) is 5.02 Å². The smallest absolute Gasteiger partial charge is 0.129 e. The van der Waals surface area contributed by atoms with Gasteiger partial charge in [-0.05, 0) is 39.2 Å². The summed E-state index contributed by atoms with van der Waals surface area (Å²) < 4.78 is 0. The number of halogens is 1. The number of likely N-dealkylation sites (N-methyl/N-ethyl adjacent to an activating group) is 1. The first-order chi connectivity index (χ1) is 9.58. The van der Waals surface area contributed by atoms with Crippen LogP contribution in [0.3, 0.4) is 0 Å². The van der Waals surface area contributed by atoms with Crippen molar-refractivity contribution < 1.29 is 0 Å². The number of hydrogen-bond acceptors (Lipinski definition) is 4. The van der Waals surface area contributed by atoms with Gasteiger partial charge < -0.3 is 15.1 Å². The Bertz CT molecular complexity index is 395. The molecule has 1 aromatic heterocycles. The summed E-state index contributed by atoms with van der Waals surface area (Å²) in [6.45, 7) is 8.93. The zero-order chi connectivity index (χ0) is 15.0. The molecule has 0 aliphatic heterocycles. The number of anilines is 1. The standard InChI is InChI=1S/C15H27ClN4/c1-5-9-20(11-10-19(3)4)15-8-7-13(16)14(18-15)12-17-6-2/h7-8,17H,5-6,9-12H2,1-4H3. The predicted octanol–water partition coefficient (Wildman–Crippen LogP) is 2.62. The van der Waals surface area contributed by atoms with Crippen molar-refractivity contribution in [3.8, 4) is 0 Å². The van der Waals surface area contributed by atoms with Gasteiger partial charge in [-0.15, -0.1) is 0 Å². The minimum Gasteiger partial charge on any atom is -0.355 e. The fourth-order valence-corrected chi connectivity index (χ4v) is 2.12. The Morgan fingerprint density at radius 1 is 1.15 bits per heavy atom. The molecule has 4 nitrogen and oxygen atoms in total. The Labute approximate surface area is 128 Å². The molecule has 1 aromatic rings. The van der Waals surface area contributed by atoms with E-state index in [2.05, 4.69) is 43.1 Å². The van der Waals surface area contributed by atoms with Crippen LogP contribution in [0.15, 0.2) is 12.1 Å². The van der Waals surface area contributed by atoms with E-state index >= 15 is 0 Å². The van der Waals surface area contributed by atoms with Gasteiger partial charge in [-0.3, -0.25) is 0 Å². The summed E-state index contributed by atoms with van der Waals surface area (Å²) in [5.41, 5.74) is 0.928. The maximum absolute atomic E-state index is 6.21. The second-order valence-corrected chi connectivity index (χ2v) is 5.58. The Kier molecular flexibility index (Phi) is 7.88. The topological polar surface area (TPSA) is 31.4 Å². The average molecular weight is 299 g/mol. The molecular formula is C15H27ClN4. The second kappa shape index (κ2) is 9.16. The van der Waals surface area contributed by atoms with E-state index in [4.69, 9.17) is 16.6 Å². The molecule has 0 fully saturated rings. The van der Waals surface area contributed by atoms with E-state index < -0.39 is 0 Å². The maximum atomic E-state index is 6.21. The molecule has 0 unspecified atom stereocenters. The molecule has 1 N–H and O–H groups in total. The molecule has 0 saturated heterocycles. The third kappa shape index (κ3) is 5.65. The molecule has 0 saturated carbocycles. The number of rotatable bonds is 9. The van der Waals surface area contributed by atoms with Crippen molar-refractivity contribution in [3.63, 3.8) is 0 Å². The highest BCUT2D eigenvalue weighted by Gasteiger charge is 2.10. The fourth-order valence-electron chi connectivity index (χ4n) is 1.95. The molecular weight excluding hydrogens is 272 g/mol. The lowest BCUT2D eigenvalue weighted by Gasteiger charge is -2.25. The van der Waals surface area contributed by atoms with E-state index in [0.717, 1.165) is 55.7 Å². The van der Waals surface area contributed by atoms with Crippen LogP contribution in [0.5, 0.6) is 0 Å². The number of nitrogens with zero attached hydrogens (tertiary/aromatic N) is 3. The first-order valence-corrected chi connectivity index (χ1v) is 7.72. The Morgan fingerprint density at radius 3 is 2.50 bits per heavy atom. The number of nitrogens with one attached hydrogen (secondary N) is 1. The summed E-state index contributed by atoms with van der Waals surface area (Å²) in [5, 5.41) is 4.02. The van der Waals surface area contributed by atoms with Gasteiger partial charge in [-0.25, -0.2) is 4.98 Å². The van der Waals surface area contributed by atoms with Crippen molar-refractivity contribution in [1.29, 1.82) is 0 Å². The molecule has 1 rings (SSSR count). The van der Waals surface area contributed by atoms with Crippen LogP contribution >= 0.6 is 11.6 Å². The third-order valence-corrected chi connectivity index (χ3v) is 3.43. The van der Waals surface area contributed by atoms with Gasteiger partial charge in [0.05, 0.1) is 10.7 Å². The number of pyridine rings is 1. The van der Waals surface area contributed by atoms with Gasteiger partial charge in [0.1, 0.15) is 5.82 Å². The highest BCUT2D eigenvalue weighted by Crippen LogP contribution is 2.19. The van der Waals surface area contributed by atoms with E-state index in [1.165, 1.54) is 0 Å². The predicted molar refractivity (Wildman–Crippen MR) is 87.7 cm³/mol. The SMILES string of the molecule is CCCN(CCN(C)C)c1ccc(Cl)c(CNCC)n1. The molecule has 0 aromatic carbocycles. The molecule has 0 amide bonds. The molecule has 20 heavy (non-hydrogen) atoms. The van der Waals surface area contributed by atoms with Crippen molar-refractivity contribution in [2.24, 2.45) is 0 Å². The van der Waals surface area contributed by atoms with Crippen LogP contribution in [0.4, 0.5) is 5.82 Å². The molecule has 0 atom stereocenters.